The van der Waals surface area contributed by atoms with E-state index in [1.54, 1.807) is 12.1 Å². The van der Waals surface area contributed by atoms with Gasteiger partial charge in [-0.2, -0.15) is 8.78 Å². The number of rotatable bonds is 3. The third-order valence-corrected chi connectivity index (χ3v) is 3.88. The lowest BCUT2D eigenvalue weighted by Crippen LogP contribution is -2.38. The Morgan fingerprint density at radius 3 is 2.68 bits per heavy atom. The standard InChI is InChI=1S/C13H9ClF3IN2O2/c14-8-5-6(18)1-2-9(8)19-10-7(12(21)20-22)3-4-13(16,17)11(10)15/h1-5,11,19,22H,(H,20,21). The average Bonchev–Trinajstić information content (AvgIpc) is 2.46. The van der Waals surface area contributed by atoms with E-state index in [0.29, 0.717) is 0 Å². The van der Waals surface area contributed by atoms with Gasteiger partial charge < -0.3 is 5.32 Å². The van der Waals surface area contributed by atoms with Gasteiger partial charge in [-0.05, 0) is 52.9 Å². The van der Waals surface area contributed by atoms with Crippen LogP contribution in [0.3, 0.4) is 0 Å². The quantitative estimate of drug-likeness (QED) is 0.379. The van der Waals surface area contributed by atoms with Gasteiger partial charge in [0.15, 0.2) is 0 Å². The zero-order valence-electron chi connectivity index (χ0n) is 10.7. The van der Waals surface area contributed by atoms with Crippen molar-refractivity contribution in [2.75, 3.05) is 5.32 Å². The number of alkyl halides is 3. The van der Waals surface area contributed by atoms with Gasteiger partial charge in [0, 0.05) is 3.57 Å². The fourth-order valence-corrected chi connectivity index (χ4v) is 2.73. The zero-order chi connectivity index (χ0) is 16.5. The van der Waals surface area contributed by atoms with Crippen LogP contribution in [0.15, 0.2) is 41.6 Å². The van der Waals surface area contributed by atoms with E-state index >= 15 is 0 Å². The van der Waals surface area contributed by atoms with Crippen LogP contribution in [0.25, 0.3) is 0 Å². The molecule has 0 saturated carbocycles. The van der Waals surface area contributed by atoms with Crippen molar-refractivity contribution in [2.45, 2.75) is 12.1 Å². The molecule has 1 aliphatic rings. The summed E-state index contributed by atoms with van der Waals surface area (Å²) in [7, 11) is 0. The molecular weight excluding hydrogens is 436 g/mol. The summed E-state index contributed by atoms with van der Waals surface area (Å²) in [5.41, 5.74) is 0.322. The first-order valence-corrected chi connectivity index (χ1v) is 7.33. The Labute approximate surface area is 142 Å². The van der Waals surface area contributed by atoms with Crippen molar-refractivity contribution in [3.8, 4) is 0 Å². The molecule has 0 radical (unpaired) electrons. The molecule has 4 nitrogen and oxygen atoms in total. The van der Waals surface area contributed by atoms with Crippen LogP contribution in [0.5, 0.6) is 0 Å². The molecule has 0 fully saturated rings. The van der Waals surface area contributed by atoms with Crippen molar-refractivity contribution in [2.24, 2.45) is 0 Å². The number of amides is 1. The van der Waals surface area contributed by atoms with E-state index in [9.17, 15) is 18.0 Å². The molecule has 1 atom stereocenters. The average molecular weight is 445 g/mol. The molecule has 1 aliphatic carbocycles. The van der Waals surface area contributed by atoms with Crippen molar-refractivity contribution >= 4 is 45.8 Å². The van der Waals surface area contributed by atoms with Gasteiger partial charge in [-0.25, -0.2) is 9.87 Å². The summed E-state index contributed by atoms with van der Waals surface area (Å²) in [6.07, 6.45) is -1.77. The van der Waals surface area contributed by atoms with E-state index in [-0.39, 0.29) is 16.8 Å². The topological polar surface area (TPSA) is 61.4 Å². The number of hydroxylamine groups is 1. The second kappa shape index (κ2) is 6.47. The van der Waals surface area contributed by atoms with Gasteiger partial charge in [-0.3, -0.25) is 10.0 Å². The van der Waals surface area contributed by atoms with Gasteiger partial charge in [-0.15, -0.1) is 0 Å². The summed E-state index contributed by atoms with van der Waals surface area (Å²) in [4.78, 5) is 11.5. The molecule has 0 saturated heterocycles. The van der Waals surface area contributed by atoms with Crippen molar-refractivity contribution in [3.63, 3.8) is 0 Å². The predicted octanol–water partition coefficient (Wildman–Crippen LogP) is 3.66. The molecule has 1 amide bonds. The summed E-state index contributed by atoms with van der Waals surface area (Å²) in [5.74, 6) is -4.89. The third kappa shape index (κ3) is 3.39. The number of hydrogen-bond acceptors (Lipinski definition) is 3. The second-order valence-corrected chi connectivity index (χ2v) is 6.04. The highest BCUT2D eigenvalue weighted by molar-refractivity contribution is 14.1. The first-order valence-electron chi connectivity index (χ1n) is 5.88. The second-order valence-electron chi connectivity index (χ2n) is 4.39. The highest BCUT2D eigenvalue weighted by Gasteiger charge is 2.44. The maximum Gasteiger partial charge on any atom is 0.303 e. The molecule has 118 valence electrons. The van der Waals surface area contributed by atoms with Gasteiger partial charge in [0.2, 0.25) is 6.17 Å². The minimum absolute atomic E-state index is 0.161. The predicted molar refractivity (Wildman–Crippen MR) is 83.7 cm³/mol. The highest BCUT2D eigenvalue weighted by Crippen LogP contribution is 2.36. The zero-order valence-corrected chi connectivity index (χ0v) is 13.6. The lowest BCUT2D eigenvalue weighted by atomic mass is 9.97. The number of benzene rings is 1. The Kier molecular flexibility index (Phi) is 5.03. The largest absolute Gasteiger partial charge is 0.354 e. The van der Waals surface area contributed by atoms with E-state index in [1.165, 1.54) is 11.5 Å². The molecular formula is C13H9ClF3IN2O2. The molecule has 1 aromatic carbocycles. The Bertz CT molecular complexity index is 679. The molecule has 3 N–H and O–H groups in total. The summed E-state index contributed by atoms with van der Waals surface area (Å²) in [6.45, 7) is 0. The van der Waals surface area contributed by atoms with Crippen molar-refractivity contribution in [3.05, 3.63) is 50.2 Å². The highest BCUT2D eigenvalue weighted by atomic mass is 127. The first kappa shape index (κ1) is 17.1. The summed E-state index contributed by atoms with van der Waals surface area (Å²) in [6, 6.07) is 4.64. The lowest BCUT2D eigenvalue weighted by Gasteiger charge is -2.26. The molecule has 2 rings (SSSR count). The Hall–Kier alpha value is -1.26. The SMILES string of the molecule is O=C(NO)C1=C(Nc2ccc(I)cc2Cl)C(F)C(F)(F)C=C1. The molecule has 1 unspecified atom stereocenters. The molecule has 0 heterocycles. The van der Waals surface area contributed by atoms with Crippen LogP contribution < -0.4 is 10.8 Å². The monoisotopic (exact) mass is 444 g/mol. The van der Waals surface area contributed by atoms with E-state index in [0.717, 1.165) is 9.65 Å². The number of carbonyl (C=O) groups is 1. The maximum atomic E-state index is 14.0. The fraction of sp³-hybridized carbons (Fsp3) is 0.154. The van der Waals surface area contributed by atoms with Crippen LogP contribution in [0.4, 0.5) is 18.9 Å². The van der Waals surface area contributed by atoms with Gasteiger partial charge in [0.1, 0.15) is 0 Å². The van der Waals surface area contributed by atoms with Crippen LogP contribution in [-0.2, 0) is 4.79 Å². The number of carbonyl (C=O) groups excluding carboxylic acids is 1. The third-order valence-electron chi connectivity index (χ3n) is 2.90. The van der Waals surface area contributed by atoms with Gasteiger partial charge >= 0.3 is 5.92 Å². The van der Waals surface area contributed by atoms with Crippen LogP contribution in [0.1, 0.15) is 0 Å². The number of hydrogen-bond donors (Lipinski definition) is 3. The van der Waals surface area contributed by atoms with E-state index < -0.39 is 29.3 Å². The smallest absolute Gasteiger partial charge is 0.303 e. The van der Waals surface area contributed by atoms with Crippen LogP contribution in [-0.4, -0.2) is 23.2 Å². The summed E-state index contributed by atoms with van der Waals surface area (Å²) < 4.78 is 41.8. The molecule has 0 aliphatic heterocycles. The van der Waals surface area contributed by atoms with E-state index in [2.05, 4.69) is 5.32 Å². The van der Waals surface area contributed by atoms with Gasteiger partial charge in [-0.1, -0.05) is 11.6 Å². The molecule has 0 bridgehead atoms. The summed E-state index contributed by atoms with van der Waals surface area (Å²) in [5, 5.41) is 11.2. The maximum absolute atomic E-state index is 14.0. The number of halogens is 5. The van der Waals surface area contributed by atoms with Gasteiger partial charge in [0.25, 0.3) is 5.91 Å². The number of allylic oxidation sites excluding steroid dienone is 2. The van der Waals surface area contributed by atoms with Crippen LogP contribution in [0.2, 0.25) is 5.02 Å². The lowest BCUT2D eigenvalue weighted by molar-refractivity contribution is -0.125. The van der Waals surface area contributed by atoms with Crippen molar-refractivity contribution < 1.29 is 23.2 Å². The fourth-order valence-electron chi connectivity index (χ4n) is 1.82. The first-order chi connectivity index (χ1) is 10.3. The minimum atomic E-state index is -3.78. The van der Waals surface area contributed by atoms with Crippen molar-refractivity contribution in [1.82, 2.24) is 5.48 Å². The minimum Gasteiger partial charge on any atom is -0.354 e. The molecule has 22 heavy (non-hydrogen) atoms. The number of anilines is 1. The molecule has 0 spiro atoms. The van der Waals surface area contributed by atoms with Crippen LogP contribution >= 0.6 is 34.2 Å². The Balaban J connectivity index is 2.47. The molecule has 1 aromatic rings. The van der Waals surface area contributed by atoms with Crippen LogP contribution in [0, 0.1) is 3.57 Å². The Morgan fingerprint density at radius 1 is 1.41 bits per heavy atom. The number of nitrogens with one attached hydrogen (secondary N) is 2. The molecule has 9 heteroatoms. The van der Waals surface area contributed by atoms with Gasteiger partial charge in [0.05, 0.1) is 22.0 Å². The summed E-state index contributed by atoms with van der Waals surface area (Å²) >= 11 is 7.96. The van der Waals surface area contributed by atoms with E-state index in [4.69, 9.17) is 16.8 Å². The van der Waals surface area contributed by atoms with Crippen molar-refractivity contribution in [1.29, 1.82) is 0 Å². The van der Waals surface area contributed by atoms with E-state index in [1.807, 2.05) is 22.6 Å². The Morgan fingerprint density at radius 2 is 2.09 bits per heavy atom. The normalized spacial score (nSPS) is 20.0. The molecule has 0 aromatic heterocycles.